The van der Waals surface area contributed by atoms with Gasteiger partial charge in [0.25, 0.3) is 0 Å². The maximum atomic E-state index is 4.62. The molecule has 124 valence electrons. The molecule has 0 saturated heterocycles. The van der Waals surface area contributed by atoms with E-state index >= 15 is 0 Å². The average molecular weight is 312 g/mol. The Kier molecular flexibility index (Phi) is 6.39. The number of hydrogen-bond donors (Lipinski definition) is 1. The first-order valence-electron chi connectivity index (χ1n) is 8.52. The Morgan fingerprint density at radius 1 is 1.00 bits per heavy atom. The summed E-state index contributed by atoms with van der Waals surface area (Å²) in [5.74, 6) is 2.73. The van der Waals surface area contributed by atoms with E-state index in [0.717, 1.165) is 49.9 Å². The molecule has 0 bridgehead atoms. The van der Waals surface area contributed by atoms with Gasteiger partial charge in [-0.05, 0) is 32.3 Å². The van der Waals surface area contributed by atoms with Crippen LogP contribution in [-0.2, 0) is 6.54 Å². The molecular weight excluding hydrogens is 284 g/mol. The van der Waals surface area contributed by atoms with Gasteiger partial charge in [0.1, 0.15) is 17.5 Å². The molecule has 0 aliphatic heterocycles. The molecule has 1 heterocycles. The molecule has 0 amide bonds. The number of aryl methyl sites for hydroxylation is 2. The van der Waals surface area contributed by atoms with Crippen molar-refractivity contribution in [2.75, 3.05) is 23.3 Å². The minimum Gasteiger partial charge on any atom is -0.366 e. The molecule has 1 aromatic carbocycles. The van der Waals surface area contributed by atoms with Gasteiger partial charge in [-0.1, -0.05) is 43.7 Å². The summed E-state index contributed by atoms with van der Waals surface area (Å²) >= 11 is 0. The lowest BCUT2D eigenvalue weighted by atomic mass is 10.1. The molecule has 0 fully saturated rings. The number of hydrogen-bond acceptors (Lipinski definition) is 4. The summed E-state index contributed by atoms with van der Waals surface area (Å²) in [6.45, 7) is 11.3. The maximum Gasteiger partial charge on any atom is 0.134 e. The van der Waals surface area contributed by atoms with Crippen LogP contribution in [0.3, 0.4) is 0 Å². The highest BCUT2D eigenvalue weighted by molar-refractivity contribution is 5.49. The van der Waals surface area contributed by atoms with Gasteiger partial charge in [0.2, 0.25) is 0 Å². The van der Waals surface area contributed by atoms with Gasteiger partial charge in [0, 0.05) is 25.7 Å². The standard InChI is InChI=1S/C19H28N4/c1-5-10-23(11-6-2)19-13-18(21-16(4)22-19)20-14-17-9-7-8-15(3)12-17/h7-9,12-13H,5-6,10-11,14H2,1-4H3,(H,20,21,22). The highest BCUT2D eigenvalue weighted by atomic mass is 15.2. The zero-order valence-corrected chi connectivity index (χ0v) is 14.8. The molecule has 4 nitrogen and oxygen atoms in total. The number of rotatable bonds is 8. The molecule has 0 aliphatic carbocycles. The predicted octanol–water partition coefficient (Wildman–Crippen LogP) is 4.33. The SMILES string of the molecule is CCCN(CCC)c1cc(NCc2cccc(C)c2)nc(C)n1. The molecule has 0 spiro atoms. The molecule has 0 unspecified atom stereocenters. The molecule has 1 aromatic heterocycles. The van der Waals surface area contributed by atoms with E-state index in [-0.39, 0.29) is 0 Å². The van der Waals surface area contributed by atoms with E-state index in [0.29, 0.717) is 0 Å². The molecule has 1 N–H and O–H groups in total. The third kappa shape index (κ3) is 5.23. The van der Waals surface area contributed by atoms with Crippen LogP contribution in [-0.4, -0.2) is 23.1 Å². The minimum atomic E-state index is 0.777. The van der Waals surface area contributed by atoms with Crippen LogP contribution in [0.4, 0.5) is 11.6 Å². The first kappa shape index (κ1) is 17.3. The Balaban J connectivity index is 2.12. The van der Waals surface area contributed by atoms with Crippen LogP contribution < -0.4 is 10.2 Å². The second-order valence-corrected chi connectivity index (χ2v) is 5.99. The van der Waals surface area contributed by atoms with Gasteiger partial charge >= 0.3 is 0 Å². The second kappa shape index (κ2) is 8.51. The van der Waals surface area contributed by atoms with Crippen molar-refractivity contribution in [1.82, 2.24) is 9.97 Å². The molecule has 23 heavy (non-hydrogen) atoms. The Hall–Kier alpha value is -2.10. The number of nitrogens with zero attached hydrogens (tertiary/aromatic N) is 3. The average Bonchev–Trinajstić information content (AvgIpc) is 2.52. The lowest BCUT2D eigenvalue weighted by molar-refractivity contribution is 0.730. The second-order valence-electron chi connectivity index (χ2n) is 5.99. The van der Waals surface area contributed by atoms with Gasteiger partial charge < -0.3 is 10.2 Å². The molecule has 0 atom stereocenters. The Morgan fingerprint density at radius 2 is 1.74 bits per heavy atom. The van der Waals surface area contributed by atoms with Gasteiger partial charge in [-0.25, -0.2) is 9.97 Å². The van der Waals surface area contributed by atoms with Gasteiger partial charge in [-0.3, -0.25) is 0 Å². The van der Waals surface area contributed by atoms with Crippen molar-refractivity contribution >= 4 is 11.6 Å². The van der Waals surface area contributed by atoms with Crippen molar-refractivity contribution in [2.45, 2.75) is 47.1 Å². The number of aromatic nitrogens is 2. The van der Waals surface area contributed by atoms with E-state index in [1.807, 2.05) is 6.92 Å². The third-order valence-electron chi connectivity index (χ3n) is 3.69. The molecular formula is C19H28N4. The monoisotopic (exact) mass is 312 g/mol. The van der Waals surface area contributed by atoms with Gasteiger partial charge in [0.05, 0.1) is 0 Å². The van der Waals surface area contributed by atoms with Crippen molar-refractivity contribution in [3.8, 4) is 0 Å². The van der Waals surface area contributed by atoms with Crippen molar-refractivity contribution < 1.29 is 0 Å². The third-order valence-corrected chi connectivity index (χ3v) is 3.69. The highest BCUT2D eigenvalue weighted by Gasteiger charge is 2.09. The van der Waals surface area contributed by atoms with Crippen LogP contribution in [0.5, 0.6) is 0 Å². The molecule has 2 aromatic rings. The topological polar surface area (TPSA) is 41.0 Å². The van der Waals surface area contributed by atoms with Crippen molar-refractivity contribution in [2.24, 2.45) is 0 Å². The molecule has 2 rings (SSSR count). The number of anilines is 2. The first-order valence-corrected chi connectivity index (χ1v) is 8.52. The fraction of sp³-hybridized carbons (Fsp3) is 0.474. The Morgan fingerprint density at radius 3 is 2.39 bits per heavy atom. The van der Waals surface area contributed by atoms with Gasteiger partial charge in [0.15, 0.2) is 0 Å². The van der Waals surface area contributed by atoms with Crippen molar-refractivity contribution in [1.29, 1.82) is 0 Å². The molecule has 4 heteroatoms. The molecule has 0 saturated carbocycles. The van der Waals surface area contributed by atoms with E-state index in [1.165, 1.54) is 11.1 Å². The zero-order valence-electron chi connectivity index (χ0n) is 14.8. The fourth-order valence-corrected chi connectivity index (χ4v) is 2.70. The van der Waals surface area contributed by atoms with E-state index in [2.05, 4.69) is 71.3 Å². The van der Waals surface area contributed by atoms with Crippen LogP contribution in [0.15, 0.2) is 30.3 Å². The summed E-state index contributed by atoms with van der Waals surface area (Å²) in [7, 11) is 0. The van der Waals surface area contributed by atoms with Gasteiger partial charge in [-0.15, -0.1) is 0 Å². The predicted molar refractivity (Wildman–Crippen MR) is 98.1 cm³/mol. The zero-order chi connectivity index (χ0) is 16.7. The number of benzene rings is 1. The maximum absolute atomic E-state index is 4.62. The van der Waals surface area contributed by atoms with E-state index < -0.39 is 0 Å². The van der Waals surface area contributed by atoms with E-state index in [4.69, 9.17) is 0 Å². The highest BCUT2D eigenvalue weighted by Crippen LogP contribution is 2.17. The van der Waals surface area contributed by atoms with E-state index in [1.54, 1.807) is 0 Å². The van der Waals surface area contributed by atoms with Gasteiger partial charge in [-0.2, -0.15) is 0 Å². The first-order chi connectivity index (χ1) is 11.1. The van der Waals surface area contributed by atoms with Crippen LogP contribution in [0.2, 0.25) is 0 Å². The summed E-state index contributed by atoms with van der Waals surface area (Å²) in [4.78, 5) is 11.5. The summed E-state index contributed by atoms with van der Waals surface area (Å²) in [5.41, 5.74) is 2.54. The minimum absolute atomic E-state index is 0.777. The van der Waals surface area contributed by atoms with Crippen LogP contribution >= 0.6 is 0 Å². The molecule has 0 aliphatic rings. The quantitative estimate of drug-likeness (QED) is 0.787. The van der Waals surface area contributed by atoms with Crippen LogP contribution in [0.1, 0.15) is 43.6 Å². The van der Waals surface area contributed by atoms with Crippen molar-refractivity contribution in [3.05, 3.63) is 47.3 Å². The van der Waals surface area contributed by atoms with Crippen molar-refractivity contribution in [3.63, 3.8) is 0 Å². The summed E-state index contributed by atoms with van der Waals surface area (Å²) in [5, 5.41) is 3.43. The van der Waals surface area contributed by atoms with E-state index in [9.17, 15) is 0 Å². The Labute approximate surface area is 140 Å². The summed E-state index contributed by atoms with van der Waals surface area (Å²) in [6, 6.07) is 10.6. The van der Waals surface area contributed by atoms with Crippen LogP contribution in [0, 0.1) is 13.8 Å². The normalized spacial score (nSPS) is 10.6. The molecule has 0 radical (unpaired) electrons. The fourth-order valence-electron chi connectivity index (χ4n) is 2.70. The summed E-state index contributed by atoms with van der Waals surface area (Å²) in [6.07, 6.45) is 2.24. The lowest BCUT2D eigenvalue weighted by Crippen LogP contribution is -2.26. The Bertz CT molecular complexity index is 619. The summed E-state index contributed by atoms with van der Waals surface area (Å²) < 4.78 is 0. The smallest absolute Gasteiger partial charge is 0.134 e. The lowest BCUT2D eigenvalue weighted by Gasteiger charge is -2.23. The largest absolute Gasteiger partial charge is 0.366 e. The number of nitrogens with one attached hydrogen (secondary N) is 1. The van der Waals surface area contributed by atoms with Crippen LogP contribution in [0.25, 0.3) is 0 Å².